The van der Waals surface area contributed by atoms with Crippen molar-refractivity contribution >= 4 is 0 Å². The summed E-state index contributed by atoms with van der Waals surface area (Å²) in [5.41, 5.74) is 11.1. The molecule has 0 aliphatic carbocycles. The first kappa shape index (κ1) is 37.1. The fourth-order valence-corrected chi connectivity index (χ4v) is 3.89. The Morgan fingerprint density at radius 1 is 0.350 bits per heavy atom. The summed E-state index contributed by atoms with van der Waals surface area (Å²) in [6.07, 6.45) is 40.3. The van der Waals surface area contributed by atoms with Gasteiger partial charge in [0.1, 0.15) is 0 Å². The van der Waals surface area contributed by atoms with Crippen molar-refractivity contribution in [2.45, 2.75) is 121 Å². The highest BCUT2D eigenvalue weighted by molar-refractivity contribution is 5.30. The summed E-state index contributed by atoms with van der Waals surface area (Å²) in [7, 11) is 0. The molecule has 40 heavy (non-hydrogen) atoms. The Hall–Kier alpha value is -2.86. The first-order valence-corrected chi connectivity index (χ1v) is 15.3. The van der Waals surface area contributed by atoms with Gasteiger partial charge in [-0.15, -0.1) is 0 Å². The third-order valence-corrected chi connectivity index (χ3v) is 6.55. The third kappa shape index (κ3) is 25.4. The van der Waals surface area contributed by atoms with Gasteiger partial charge in [-0.2, -0.15) is 0 Å². The SMILES string of the molecule is CC(C)=CCCC(C)=CC=CC(C)=CC=CC(C)=CC=CC=C(C)CCC=C(C)CCC=C(C)CCC=C(C)C. The molecule has 0 aliphatic rings. The summed E-state index contributed by atoms with van der Waals surface area (Å²) in [6, 6.07) is 0. The Morgan fingerprint density at radius 2 is 0.675 bits per heavy atom. The normalized spacial score (nSPS) is 14.7. The van der Waals surface area contributed by atoms with Gasteiger partial charge in [0, 0.05) is 0 Å². The van der Waals surface area contributed by atoms with Crippen molar-refractivity contribution in [3.05, 3.63) is 130 Å². The first-order chi connectivity index (χ1) is 19.0. The molecule has 0 aromatic carbocycles. The molecule has 0 rings (SSSR count). The van der Waals surface area contributed by atoms with Gasteiger partial charge in [-0.25, -0.2) is 0 Å². The highest BCUT2D eigenvalue weighted by Crippen LogP contribution is 2.14. The van der Waals surface area contributed by atoms with Crippen molar-refractivity contribution in [3.8, 4) is 0 Å². The molecular formula is C40H60. The monoisotopic (exact) mass is 540 g/mol. The van der Waals surface area contributed by atoms with Gasteiger partial charge in [0.25, 0.3) is 0 Å². The van der Waals surface area contributed by atoms with Crippen molar-refractivity contribution in [2.24, 2.45) is 0 Å². The van der Waals surface area contributed by atoms with Crippen LogP contribution in [-0.4, -0.2) is 0 Å². The highest BCUT2D eigenvalue weighted by atomic mass is 14.0. The van der Waals surface area contributed by atoms with E-state index in [1.165, 1.54) is 57.4 Å². The van der Waals surface area contributed by atoms with Gasteiger partial charge in [0.2, 0.25) is 0 Å². The van der Waals surface area contributed by atoms with Gasteiger partial charge in [-0.1, -0.05) is 130 Å². The summed E-state index contributed by atoms with van der Waals surface area (Å²) >= 11 is 0. The van der Waals surface area contributed by atoms with Crippen molar-refractivity contribution < 1.29 is 0 Å². The second-order valence-corrected chi connectivity index (χ2v) is 11.8. The van der Waals surface area contributed by atoms with E-state index in [1.54, 1.807) is 0 Å². The van der Waals surface area contributed by atoms with Crippen LogP contribution >= 0.6 is 0 Å². The molecule has 0 aromatic rings. The van der Waals surface area contributed by atoms with E-state index in [2.05, 4.69) is 154 Å². The molecule has 0 nitrogen and oxygen atoms in total. The molecule has 0 unspecified atom stereocenters. The highest BCUT2D eigenvalue weighted by Gasteiger charge is 1.93. The summed E-state index contributed by atoms with van der Waals surface area (Å²) in [5, 5.41) is 0. The van der Waals surface area contributed by atoms with E-state index in [9.17, 15) is 0 Å². The quantitative estimate of drug-likeness (QED) is 0.120. The van der Waals surface area contributed by atoms with Gasteiger partial charge in [-0.3, -0.25) is 0 Å². The zero-order valence-corrected chi connectivity index (χ0v) is 27.7. The molecule has 0 heterocycles. The van der Waals surface area contributed by atoms with E-state index < -0.39 is 0 Å². The number of hydrogen-bond donors (Lipinski definition) is 0. The molecule has 0 radical (unpaired) electrons. The molecule has 0 atom stereocenters. The predicted molar refractivity (Wildman–Crippen MR) is 186 cm³/mol. The van der Waals surface area contributed by atoms with Crippen molar-refractivity contribution in [1.29, 1.82) is 0 Å². The summed E-state index contributed by atoms with van der Waals surface area (Å²) in [6.45, 7) is 21.9. The van der Waals surface area contributed by atoms with Gasteiger partial charge < -0.3 is 0 Å². The molecule has 0 saturated carbocycles. The molecule has 0 aliphatic heterocycles. The molecular weight excluding hydrogens is 480 g/mol. The lowest BCUT2D eigenvalue weighted by molar-refractivity contribution is 0.900. The molecule has 0 fully saturated rings. The maximum absolute atomic E-state index is 2.42. The minimum atomic E-state index is 1.11. The zero-order chi connectivity index (χ0) is 30.2. The standard InChI is InChI=1S/C40H60/c1-33(2)19-13-23-37(7)27-17-31-39(9)29-15-25-35(5)21-11-12-22-36(6)26-16-30-40(10)32-18-28-38(8)24-14-20-34(3)4/h11-12,15,17,19-22,25,27-31H,13-14,16,18,23-24,26,32H2,1-10H3. The topological polar surface area (TPSA) is 0 Å². The van der Waals surface area contributed by atoms with E-state index in [4.69, 9.17) is 0 Å². The van der Waals surface area contributed by atoms with Crippen LogP contribution in [0.25, 0.3) is 0 Å². The Bertz CT molecular complexity index is 1050. The second-order valence-electron chi connectivity index (χ2n) is 11.8. The Morgan fingerprint density at radius 3 is 1.12 bits per heavy atom. The Balaban J connectivity index is 4.48. The van der Waals surface area contributed by atoms with Crippen LogP contribution in [0.1, 0.15) is 121 Å². The molecule has 0 bridgehead atoms. The van der Waals surface area contributed by atoms with Crippen LogP contribution in [0.15, 0.2) is 130 Å². The lowest BCUT2D eigenvalue weighted by Crippen LogP contribution is -1.82. The number of allylic oxidation sites excluding steroid dienone is 22. The Kier molecular flexibility index (Phi) is 22.3. The van der Waals surface area contributed by atoms with E-state index in [-0.39, 0.29) is 0 Å². The molecule has 0 saturated heterocycles. The first-order valence-electron chi connectivity index (χ1n) is 15.3. The van der Waals surface area contributed by atoms with E-state index >= 15 is 0 Å². The number of rotatable bonds is 18. The van der Waals surface area contributed by atoms with Gasteiger partial charge >= 0.3 is 0 Å². The molecule has 0 heteroatoms. The summed E-state index contributed by atoms with van der Waals surface area (Å²) < 4.78 is 0. The van der Waals surface area contributed by atoms with Gasteiger partial charge in [0.05, 0.1) is 0 Å². The van der Waals surface area contributed by atoms with Crippen LogP contribution in [-0.2, 0) is 0 Å². The van der Waals surface area contributed by atoms with Crippen molar-refractivity contribution in [1.82, 2.24) is 0 Å². The lowest BCUT2D eigenvalue weighted by Gasteiger charge is -2.02. The predicted octanol–water partition coefficient (Wildman–Crippen LogP) is 13.4. The second kappa shape index (κ2) is 24.0. The van der Waals surface area contributed by atoms with Gasteiger partial charge in [-0.05, 0) is 121 Å². The lowest BCUT2D eigenvalue weighted by atomic mass is 10.0. The zero-order valence-electron chi connectivity index (χ0n) is 27.7. The minimum absolute atomic E-state index is 1.11. The Labute approximate surface area is 249 Å². The molecule has 0 N–H and O–H groups in total. The minimum Gasteiger partial charge on any atom is -0.0856 e. The van der Waals surface area contributed by atoms with Crippen LogP contribution < -0.4 is 0 Å². The van der Waals surface area contributed by atoms with Crippen LogP contribution in [0.3, 0.4) is 0 Å². The van der Waals surface area contributed by atoms with E-state index in [0.29, 0.717) is 0 Å². The average molecular weight is 541 g/mol. The molecule has 0 spiro atoms. The number of hydrogen-bond acceptors (Lipinski definition) is 0. The van der Waals surface area contributed by atoms with Crippen LogP contribution in [0.2, 0.25) is 0 Å². The van der Waals surface area contributed by atoms with Crippen LogP contribution in [0.5, 0.6) is 0 Å². The third-order valence-electron chi connectivity index (χ3n) is 6.55. The fourth-order valence-electron chi connectivity index (χ4n) is 3.89. The largest absolute Gasteiger partial charge is 0.0856 e. The molecule has 220 valence electrons. The van der Waals surface area contributed by atoms with E-state index in [1.807, 2.05) is 0 Å². The van der Waals surface area contributed by atoms with Crippen LogP contribution in [0, 0.1) is 0 Å². The smallest absolute Gasteiger partial charge is 0.0285 e. The summed E-state index contributed by atoms with van der Waals surface area (Å²) in [5.74, 6) is 0. The van der Waals surface area contributed by atoms with E-state index in [0.717, 1.165) is 38.5 Å². The van der Waals surface area contributed by atoms with Crippen LogP contribution in [0.4, 0.5) is 0 Å². The fraction of sp³-hybridized carbons (Fsp3) is 0.450. The molecule has 0 aromatic heterocycles. The summed E-state index contributed by atoms with van der Waals surface area (Å²) in [4.78, 5) is 0. The average Bonchev–Trinajstić information content (AvgIpc) is 2.86. The maximum Gasteiger partial charge on any atom is -0.0285 e. The van der Waals surface area contributed by atoms with Crippen molar-refractivity contribution in [3.63, 3.8) is 0 Å². The molecule has 0 amide bonds. The maximum atomic E-state index is 2.42. The van der Waals surface area contributed by atoms with Gasteiger partial charge in [0.15, 0.2) is 0 Å². The van der Waals surface area contributed by atoms with Crippen molar-refractivity contribution in [2.75, 3.05) is 0 Å².